The third kappa shape index (κ3) is 6.76. The van der Waals surface area contributed by atoms with Gasteiger partial charge >= 0.3 is 0 Å². The number of nitrogens with one attached hydrogen (secondary N) is 1. The quantitative estimate of drug-likeness (QED) is 0.757. The van der Waals surface area contributed by atoms with Crippen LogP contribution in [0.5, 0.6) is 0 Å². The topological polar surface area (TPSA) is 98.5 Å². The summed E-state index contributed by atoms with van der Waals surface area (Å²) in [5.74, 6) is -0.290. The molecule has 1 atom stereocenters. The van der Waals surface area contributed by atoms with Gasteiger partial charge in [0, 0.05) is 19.3 Å². The highest BCUT2D eigenvalue weighted by Gasteiger charge is 2.29. The number of halogens is 1. The molecule has 24 heavy (non-hydrogen) atoms. The molecule has 6 nitrogen and oxygen atoms in total. The Bertz CT molecular complexity index is 638. The SMILES string of the molecule is COC(CN)CC(=O)Nc1cccc(CS(=O)(=O)C(C)(C)C)c1.Cl. The number of nitrogens with two attached hydrogens (primary N) is 1. The van der Waals surface area contributed by atoms with Gasteiger partial charge in [0.2, 0.25) is 5.91 Å². The molecule has 0 heterocycles. The number of hydrogen-bond donors (Lipinski definition) is 2. The van der Waals surface area contributed by atoms with E-state index in [0.29, 0.717) is 11.3 Å². The molecule has 0 aromatic heterocycles. The first kappa shape index (κ1) is 22.9. The number of methoxy groups -OCH3 is 1. The lowest BCUT2D eigenvalue weighted by molar-refractivity contribution is -0.118. The van der Waals surface area contributed by atoms with Gasteiger partial charge in [0.05, 0.1) is 23.0 Å². The third-order valence-corrected chi connectivity index (χ3v) is 6.09. The predicted octanol–water partition coefficient (Wildman–Crippen LogP) is 2.12. The number of amides is 1. The first-order valence-electron chi connectivity index (χ1n) is 7.43. The van der Waals surface area contributed by atoms with Crippen molar-refractivity contribution >= 4 is 33.8 Å². The van der Waals surface area contributed by atoms with Crippen LogP contribution in [-0.4, -0.2) is 38.8 Å². The summed E-state index contributed by atoms with van der Waals surface area (Å²) in [6, 6.07) is 6.84. The fraction of sp³-hybridized carbons (Fsp3) is 0.562. The summed E-state index contributed by atoms with van der Waals surface area (Å²) in [6.07, 6.45) is -0.184. The number of rotatable bonds is 7. The molecule has 0 radical (unpaired) electrons. The van der Waals surface area contributed by atoms with E-state index in [2.05, 4.69) is 5.32 Å². The number of ether oxygens (including phenoxy) is 1. The van der Waals surface area contributed by atoms with Crippen molar-refractivity contribution in [2.45, 2.75) is 43.8 Å². The normalized spacial score (nSPS) is 13.0. The Hall–Kier alpha value is -1.15. The van der Waals surface area contributed by atoms with Gasteiger partial charge in [0.1, 0.15) is 0 Å². The first-order valence-corrected chi connectivity index (χ1v) is 9.08. The maximum absolute atomic E-state index is 12.3. The standard InChI is InChI=1S/C16H26N2O4S.ClH/c1-16(2,3)23(20,21)11-12-6-5-7-13(8-12)18-15(19)9-14(10-17)22-4;/h5-8,14H,9-11,17H2,1-4H3,(H,18,19);1H. The molecule has 0 bridgehead atoms. The Labute approximate surface area is 150 Å². The van der Waals surface area contributed by atoms with Crippen molar-refractivity contribution in [2.24, 2.45) is 5.73 Å². The summed E-state index contributed by atoms with van der Waals surface area (Å²) in [5.41, 5.74) is 6.69. The average Bonchev–Trinajstić information content (AvgIpc) is 2.43. The Kier molecular flexibility index (Phi) is 8.91. The number of anilines is 1. The largest absolute Gasteiger partial charge is 0.380 e. The van der Waals surface area contributed by atoms with Crippen LogP contribution >= 0.6 is 12.4 Å². The number of benzene rings is 1. The lowest BCUT2D eigenvalue weighted by Crippen LogP contribution is -2.29. The maximum Gasteiger partial charge on any atom is 0.227 e. The van der Waals surface area contributed by atoms with Crippen molar-refractivity contribution < 1.29 is 17.9 Å². The van der Waals surface area contributed by atoms with Crippen molar-refractivity contribution in [3.63, 3.8) is 0 Å². The van der Waals surface area contributed by atoms with Crippen LogP contribution in [0.25, 0.3) is 0 Å². The first-order chi connectivity index (χ1) is 10.6. The zero-order valence-electron chi connectivity index (χ0n) is 14.5. The summed E-state index contributed by atoms with van der Waals surface area (Å²) < 4.78 is 28.8. The van der Waals surface area contributed by atoms with E-state index in [9.17, 15) is 13.2 Å². The molecule has 1 rings (SSSR count). The van der Waals surface area contributed by atoms with Crippen molar-refractivity contribution in [1.82, 2.24) is 0 Å². The van der Waals surface area contributed by atoms with Crippen LogP contribution in [0.1, 0.15) is 32.8 Å². The van der Waals surface area contributed by atoms with E-state index in [1.807, 2.05) is 0 Å². The second-order valence-corrected chi connectivity index (χ2v) is 9.16. The fourth-order valence-electron chi connectivity index (χ4n) is 1.86. The van der Waals surface area contributed by atoms with Crippen LogP contribution in [0, 0.1) is 0 Å². The average molecular weight is 379 g/mol. The second-order valence-electron chi connectivity index (χ2n) is 6.42. The van der Waals surface area contributed by atoms with Crippen LogP contribution in [0.15, 0.2) is 24.3 Å². The molecule has 0 aliphatic rings. The van der Waals surface area contributed by atoms with E-state index in [4.69, 9.17) is 10.5 Å². The molecule has 8 heteroatoms. The number of carbonyl (C=O) groups is 1. The molecule has 0 aliphatic heterocycles. The van der Waals surface area contributed by atoms with Gasteiger partial charge in [-0.05, 0) is 38.5 Å². The van der Waals surface area contributed by atoms with E-state index < -0.39 is 14.6 Å². The molecule has 0 spiro atoms. The van der Waals surface area contributed by atoms with Gasteiger partial charge in [-0.1, -0.05) is 12.1 Å². The van der Waals surface area contributed by atoms with Crippen LogP contribution in [-0.2, 0) is 25.1 Å². The predicted molar refractivity (Wildman–Crippen MR) is 99.2 cm³/mol. The minimum atomic E-state index is -3.27. The van der Waals surface area contributed by atoms with Gasteiger partial charge in [0.15, 0.2) is 9.84 Å². The molecule has 0 fully saturated rings. The smallest absolute Gasteiger partial charge is 0.227 e. The highest BCUT2D eigenvalue weighted by molar-refractivity contribution is 7.91. The van der Waals surface area contributed by atoms with E-state index in [1.54, 1.807) is 45.0 Å². The minimum Gasteiger partial charge on any atom is -0.380 e. The highest BCUT2D eigenvalue weighted by atomic mass is 35.5. The summed E-state index contributed by atoms with van der Waals surface area (Å²) in [6.45, 7) is 5.27. The van der Waals surface area contributed by atoms with E-state index in [0.717, 1.165) is 0 Å². The lowest BCUT2D eigenvalue weighted by atomic mass is 10.2. The van der Waals surface area contributed by atoms with E-state index in [-0.39, 0.29) is 43.1 Å². The summed E-state index contributed by atoms with van der Waals surface area (Å²) >= 11 is 0. The molecule has 1 aromatic carbocycles. The summed E-state index contributed by atoms with van der Waals surface area (Å²) in [7, 11) is -1.77. The molecule has 1 unspecified atom stereocenters. The molecule has 0 aliphatic carbocycles. The van der Waals surface area contributed by atoms with Gasteiger partial charge in [-0.2, -0.15) is 0 Å². The molecule has 0 saturated carbocycles. The van der Waals surface area contributed by atoms with Crippen molar-refractivity contribution in [1.29, 1.82) is 0 Å². The van der Waals surface area contributed by atoms with Crippen LogP contribution in [0.2, 0.25) is 0 Å². The monoisotopic (exact) mass is 378 g/mol. The van der Waals surface area contributed by atoms with Crippen LogP contribution in [0.4, 0.5) is 5.69 Å². The Morgan fingerprint density at radius 1 is 1.33 bits per heavy atom. The van der Waals surface area contributed by atoms with E-state index >= 15 is 0 Å². The minimum absolute atomic E-state index is 0. The van der Waals surface area contributed by atoms with Gasteiger partial charge in [-0.3, -0.25) is 4.79 Å². The molecule has 3 N–H and O–H groups in total. The van der Waals surface area contributed by atoms with Crippen molar-refractivity contribution in [2.75, 3.05) is 19.0 Å². The number of hydrogen-bond acceptors (Lipinski definition) is 5. The fourth-order valence-corrected chi connectivity index (χ4v) is 2.91. The van der Waals surface area contributed by atoms with Gasteiger partial charge < -0.3 is 15.8 Å². The maximum atomic E-state index is 12.3. The zero-order valence-corrected chi connectivity index (χ0v) is 16.2. The highest BCUT2D eigenvalue weighted by Crippen LogP contribution is 2.22. The van der Waals surface area contributed by atoms with Gasteiger partial charge in [-0.15, -0.1) is 12.4 Å². The van der Waals surface area contributed by atoms with Gasteiger partial charge in [0.25, 0.3) is 0 Å². The lowest BCUT2D eigenvalue weighted by Gasteiger charge is -2.19. The summed E-state index contributed by atoms with van der Waals surface area (Å²) in [5, 5.41) is 2.74. The van der Waals surface area contributed by atoms with Gasteiger partial charge in [-0.25, -0.2) is 8.42 Å². The van der Waals surface area contributed by atoms with Crippen LogP contribution < -0.4 is 11.1 Å². The molecule has 0 saturated heterocycles. The molecular weight excluding hydrogens is 352 g/mol. The Balaban J connectivity index is 0.00000529. The molecule has 1 amide bonds. The third-order valence-electron chi connectivity index (χ3n) is 3.51. The number of carbonyl (C=O) groups excluding carboxylic acids is 1. The Morgan fingerprint density at radius 3 is 2.46 bits per heavy atom. The second kappa shape index (κ2) is 9.36. The van der Waals surface area contributed by atoms with Crippen molar-refractivity contribution in [3.05, 3.63) is 29.8 Å². The van der Waals surface area contributed by atoms with Crippen molar-refractivity contribution in [3.8, 4) is 0 Å². The van der Waals surface area contributed by atoms with E-state index in [1.165, 1.54) is 7.11 Å². The molecule has 138 valence electrons. The number of sulfone groups is 1. The zero-order chi connectivity index (χ0) is 17.7. The summed E-state index contributed by atoms with van der Waals surface area (Å²) in [4.78, 5) is 11.9. The Morgan fingerprint density at radius 2 is 1.96 bits per heavy atom. The molecule has 1 aromatic rings. The molecular formula is C16H27ClN2O4S. The van der Waals surface area contributed by atoms with Crippen LogP contribution in [0.3, 0.4) is 0 Å².